The second kappa shape index (κ2) is 7.88. The highest BCUT2D eigenvalue weighted by atomic mass is 35.5. The third-order valence-electron chi connectivity index (χ3n) is 4.70. The summed E-state index contributed by atoms with van der Waals surface area (Å²) < 4.78 is 5.27. The number of hydrogen-bond donors (Lipinski definition) is 1. The van der Waals surface area contributed by atoms with Crippen LogP contribution in [0.4, 0.5) is 5.69 Å². The molecule has 0 aliphatic carbocycles. The molecule has 1 saturated heterocycles. The monoisotopic (exact) mass is 387 g/mol. The lowest BCUT2D eigenvalue weighted by Crippen LogP contribution is -2.50. The summed E-state index contributed by atoms with van der Waals surface area (Å²) in [6.45, 7) is 3.83. The molecule has 7 heteroatoms. The Labute approximate surface area is 163 Å². The van der Waals surface area contributed by atoms with Gasteiger partial charge in [-0.15, -0.1) is 0 Å². The number of ether oxygens (including phenoxy) is 1. The van der Waals surface area contributed by atoms with Crippen LogP contribution in [-0.2, 0) is 0 Å². The SMILES string of the molecule is COc1cc(N)c(Cl)cc1C(=O)N1CCN(C(=O)c2ccc(C)cc2)CC1. The zero-order valence-corrected chi connectivity index (χ0v) is 16.1. The normalized spacial score (nSPS) is 14.2. The molecule has 3 rings (SSSR count). The Balaban J connectivity index is 1.69. The maximum absolute atomic E-state index is 12.9. The van der Waals surface area contributed by atoms with Crippen LogP contribution in [0.3, 0.4) is 0 Å². The molecule has 27 heavy (non-hydrogen) atoms. The molecule has 0 atom stereocenters. The van der Waals surface area contributed by atoms with E-state index >= 15 is 0 Å². The van der Waals surface area contributed by atoms with Crippen molar-refractivity contribution in [2.45, 2.75) is 6.92 Å². The zero-order valence-electron chi connectivity index (χ0n) is 15.4. The van der Waals surface area contributed by atoms with Gasteiger partial charge >= 0.3 is 0 Å². The highest BCUT2D eigenvalue weighted by Gasteiger charge is 2.27. The molecule has 1 aliphatic rings. The van der Waals surface area contributed by atoms with Crippen LogP contribution in [0.5, 0.6) is 5.75 Å². The number of halogens is 1. The number of hydrogen-bond acceptors (Lipinski definition) is 4. The van der Waals surface area contributed by atoms with Crippen LogP contribution < -0.4 is 10.5 Å². The third-order valence-corrected chi connectivity index (χ3v) is 5.03. The van der Waals surface area contributed by atoms with E-state index in [0.29, 0.717) is 53.8 Å². The maximum atomic E-state index is 12.9. The number of carbonyl (C=O) groups excluding carboxylic acids is 2. The van der Waals surface area contributed by atoms with E-state index in [0.717, 1.165) is 5.56 Å². The van der Waals surface area contributed by atoms with Crippen molar-refractivity contribution >= 4 is 29.1 Å². The fraction of sp³-hybridized carbons (Fsp3) is 0.300. The van der Waals surface area contributed by atoms with E-state index in [1.807, 2.05) is 31.2 Å². The van der Waals surface area contributed by atoms with Crippen LogP contribution in [0.1, 0.15) is 26.3 Å². The Hall–Kier alpha value is -2.73. The van der Waals surface area contributed by atoms with Crippen molar-refractivity contribution in [1.29, 1.82) is 0 Å². The lowest BCUT2D eigenvalue weighted by atomic mass is 10.1. The molecule has 1 heterocycles. The standard InChI is InChI=1S/C20H22ClN3O3/c1-13-3-5-14(6-4-13)19(25)23-7-9-24(10-8-23)20(26)15-11-16(21)17(22)12-18(15)27-2/h3-6,11-12H,7-10,22H2,1-2H3. The summed E-state index contributed by atoms with van der Waals surface area (Å²) in [5.41, 5.74) is 8.28. The van der Waals surface area contributed by atoms with Crippen molar-refractivity contribution < 1.29 is 14.3 Å². The number of aryl methyl sites for hydroxylation is 1. The van der Waals surface area contributed by atoms with Crippen molar-refractivity contribution in [2.24, 2.45) is 0 Å². The van der Waals surface area contributed by atoms with Gasteiger partial charge < -0.3 is 20.3 Å². The molecule has 142 valence electrons. The average Bonchev–Trinajstić information content (AvgIpc) is 2.69. The topological polar surface area (TPSA) is 75.9 Å². The lowest BCUT2D eigenvalue weighted by Gasteiger charge is -2.35. The summed E-state index contributed by atoms with van der Waals surface area (Å²) in [6, 6.07) is 10.6. The number of carbonyl (C=O) groups is 2. The van der Waals surface area contributed by atoms with E-state index in [1.165, 1.54) is 13.2 Å². The molecule has 2 aromatic rings. The predicted molar refractivity (Wildman–Crippen MR) is 105 cm³/mol. The fourth-order valence-corrected chi connectivity index (χ4v) is 3.23. The van der Waals surface area contributed by atoms with Gasteiger partial charge in [-0.3, -0.25) is 9.59 Å². The largest absolute Gasteiger partial charge is 0.496 e. The van der Waals surface area contributed by atoms with Gasteiger partial charge in [0.15, 0.2) is 0 Å². The van der Waals surface area contributed by atoms with E-state index in [2.05, 4.69) is 0 Å². The first-order chi connectivity index (χ1) is 12.9. The number of benzene rings is 2. The molecule has 0 unspecified atom stereocenters. The van der Waals surface area contributed by atoms with E-state index < -0.39 is 0 Å². The van der Waals surface area contributed by atoms with Gasteiger partial charge in [-0.2, -0.15) is 0 Å². The Morgan fingerprint density at radius 3 is 2.11 bits per heavy atom. The lowest BCUT2D eigenvalue weighted by molar-refractivity contribution is 0.0533. The number of anilines is 1. The first-order valence-corrected chi connectivity index (χ1v) is 9.06. The Morgan fingerprint density at radius 2 is 1.56 bits per heavy atom. The number of nitrogen functional groups attached to an aromatic ring is 1. The molecule has 1 fully saturated rings. The molecule has 6 nitrogen and oxygen atoms in total. The van der Waals surface area contributed by atoms with Crippen LogP contribution in [0.25, 0.3) is 0 Å². The summed E-state index contributed by atoms with van der Waals surface area (Å²) in [4.78, 5) is 28.9. The molecule has 2 N–H and O–H groups in total. The van der Waals surface area contributed by atoms with Crippen LogP contribution in [0, 0.1) is 6.92 Å². The summed E-state index contributed by atoms with van der Waals surface area (Å²) >= 11 is 6.07. The van der Waals surface area contributed by atoms with Crippen molar-refractivity contribution in [3.8, 4) is 5.75 Å². The minimum atomic E-state index is -0.184. The zero-order chi connectivity index (χ0) is 19.6. The minimum absolute atomic E-state index is 0.0183. The highest BCUT2D eigenvalue weighted by molar-refractivity contribution is 6.33. The van der Waals surface area contributed by atoms with Crippen LogP contribution >= 0.6 is 11.6 Å². The third kappa shape index (κ3) is 4.01. The highest BCUT2D eigenvalue weighted by Crippen LogP contribution is 2.30. The number of rotatable bonds is 3. The quantitative estimate of drug-likeness (QED) is 0.821. The van der Waals surface area contributed by atoms with Gasteiger partial charge in [-0.05, 0) is 25.1 Å². The average molecular weight is 388 g/mol. The Kier molecular flexibility index (Phi) is 5.56. The van der Waals surface area contributed by atoms with Crippen molar-refractivity contribution in [3.05, 3.63) is 58.1 Å². The van der Waals surface area contributed by atoms with Gasteiger partial charge in [0, 0.05) is 37.8 Å². The van der Waals surface area contributed by atoms with Gasteiger partial charge in [0.05, 0.1) is 23.4 Å². The van der Waals surface area contributed by atoms with Crippen LogP contribution in [0.15, 0.2) is 36.4 Å². The first-order valence-electron chi connectivity index (χ1n) is 8.69. The van der Waals surface area contributed by atoms with E-state index in [4.69, 9.17) is 22.1 Å². The van der Waals surface area contributed by atoms with Gasteiger partial charge in [-0.25, -0.2) is 0 Å². The van der Waals surface area contributed by atoms with Gasteiger partial charge in [0.2, 0.25) is 0 Å². The van der Waals surface area contributed by atoms with Crippen molar-refractivity contribution in [1.82, 2.24) is 9.80 Å². The molecule has 2 aromatic carbocycles. The minimum Gasteiger partial charge on any atom is -0.496 e. The summed E-state index contributed by atoms with van der Waals surface area (Å²) in [6.07, 6.45) is 0. The molecule has 0 aromatic heterocycles. The van der Waals surface area contributed by atoms with Crippen molar-refractivity contribution in [2.75, 3.05) is 39.0 Å². The number of amides is 2. The Bertz CT molecular complexity index is 860. The van der Waals surface area contributed by atoms with Crippen LogP contribution in [0.2, 0.25) is 5.02 Å². The number of nitrogens with zero attached hydrogens (tertiary/aromatic N) is 2. The maximum Gasteiger partial charge on any atom is 0.257 e. The predicted octanol–water partition coefficient (Wildman–Crippen LogP) is 2.84. The fourth-order valence-electron chi connectivity index (χ4n) is 3.07. The summed E-state index contributed by atoms with van der Waals surface area (Å²) in [5, 5.41) is 0.312. The molecule has 0 saturated carbocycles. The van der Waals surface area contributed by atoms with Gasteiger partial charge in [0.1, 0.15) is 5.75 Å². The number of methoxy groups -OCH3 is 1. The second-order valence-corrected chi connectivity index (χ2v) is 6.93. The van der Waals surface area contributed by atoms with Gasteiger partial charge in [0.25, 0.3) is 11.8 Å². The number of nitrogens with two attached hydrogens (primary N) is 1. The summed E-state index contributed by atoms with van der Waals surface area (Å²) in [5.74, 6) is 0.187. The molecular weight excluding hydrogens is 366 g/mol. The molecular formula is C20H22ClN3O3. The summed E-state index contributed by atoms with van der Waals surface area (Å²) in [7, 11) is 1.48. The van der Waals surface area contributed by atoms with Crippen molar-refractivity contribution in [3.63, 3.8) is 0 Å². The van der Waals surface area contributed by atoms with E-state index in [-0.39, 0.29) is 11.8 Å². The Morgan fingerprint density at radius 1 is 1.00 bits per heavy atom. The first kappa shape index (κ1) is 19.0. The smallest absolute Gasteiger partial charge is 0.257 e. The van der Waals surface area contributed by atoms with Crippen LogP contribution in [-0.4, -0.2) is 54.9 Å². The van der Waals surface area contributed by atoms with E-state index in [1.54, 1.807) is 15.9 Å². The van der Waals surface area contributed by atoms with E-state index in [9.17, 15) is 9.59 Å². The molecule has 1 aliphatic heterocycles. The molecule has 0 bridgehead atoms. The molecule has 0 radical (unpaired) electrons. The molecule has 2 amide bonds. The molecule has 0 spiro atoms. The number of piperazine rings is 1. The second-order valence-electron chi connectivity index (χ2n) is 6.52. The van der Waals surface area contributed by atoms with Gasteiger partial charge in [-0.1, -0.05) is 29.3 Å².